The normalized spacial score (nSPS) is 16.5. The first-order chi connectivity index (χ1) is 11.3. The van der Waals surface area contributed by atoms with Gasteiger partial charge in [-0.15, -0.1) is 0 Å². The number of rotatable bonds is 7. The van der Waals surface area contributed by atoms with Crippen molar-refractivity contribution in [3.05, 3.63) is 35.7 Å². The Hall–Kier alpha value is -1.73. The second-order valence-electron chi connectivity index (χ2n) is 6.72. The summed E-state index contributed by atoms with van der Waals surface area (Å²) in [5.74, 6) is 1.23. The fourth-order valence-electron chi connectivity index (χ4n) is 2.88. The van der Waals surface area contributed by atoms with Crippen LogP contribution in [0.4, 0.5) is 0 Å². The summed E-state index contributed by atoms with van der Waals surface area (Å²) in [5, 5.41) is 4.05. The lowest BCUT2D eigenvalue weighted by Gasteiger charge is -2.26. The quantitative estimate of drug-likeness (QED) is 0.764. The highest BCUT2D eigenvalue weighted by Crippen LogP contribution is 2.30. The summed E-state index contributed by atoms with van der Waals surface area (Å²) in [6, 6.07) is 8.30. The molecule has 1 saturated carbocycles. The maximum absolute atomic E-state index is 11.6. The Morgan fingerprint density at radius 1 is 1.29 bits per heavy atom. The fraction of sp³-hybridized carbons (Fsp3) is 0.529. The van der Waals surface area contributed by atoms with Gasteiger partial charge in [0.05, 0.1) is 12.3 Å². The molecule has 7 heteroatoms. The van der Waals surface area contributed by atoms with Crippen molar-refractivity contribution in [1.82, 2.24) is 15.0 Å². The second kappa shape index (κ2) is 6.64. The highest BCUT2D eigenvalue weighted by Gasteiger charge is 2.34. The van der Waals surface area contributed by atoms with E-state index in [1.165, 1.54) is 11.8 Å². The van der Waals surface area contributed by atoms with Crippen LogP contribution in [0.3, 0.4) is 0 Å². The standard InChI is InChI=1S/C17H23N3O3S/c1-12-4-6-14(7-5-12)17-18-16(23-19-17)10-20(15-8-9-15)13(2)11-24(3,21)22/h4-7,13,15H,8-11H2,1-3H3. The Balaban J connectivity index is 1.73. The molecule has 130 valence electrons. The summed E-state index contributed by atoms with van der Waals surface area (Å²) in [4.78, 5) is 6.63. The zero-order valence-corrected chi connectivity index (χ0v) is 15.1. The van der Waals surface area contributed by atoms with E-state index < -0.39 is 9.84 Å². The summed E-state index contributed by atoms with van der Waals surface area (Å²) in [6.45, 7) is 4.46. The van der Waals surface area contributed by atoms with Gasteiger partial charge in [-0.05, 0) is 26.7 Å². The average Bonchev–Trinajstić information content (AvgIpc) is 3.22. The van der Waals surface area contributed by atoms with Crippen LogP contribution in [-0.4, -0.2) is 47.6 Å². The zero-order chi connectivity index (χ0) is 17.3. The molecule has 0 amide bonds. The van der Waals surface area contributed by atoms with E-state index in [1.54, 1.807) is 0 Å². The highest BCUT2D eigenvalue weighted by atomic mass is 32.2. The molecule has 1 atom stereocenters. The van der Waals surface area contributed by atoms with Crippen LogP contribution in [0.2, 0.25) is 0 Å². The Morgan fingerprint density at radius 2 is 1.96 bits per heavy atom. The van der Waals surface area contributed by atoms with Crippen LogP contribution < -0.4 is 0 Å². The van der Waals surface area contributed by atoms with Crippen molar-refractivity contribution in [3.8, 4) is 11.4 Å². The predicted molar refractivity (Wildman–Crippen MR) is 92.2 cm³/mol. The van der Waals surface area contributed by atoms with Gasteiger partial charge in [0.25, 0.3) is 0 Å². The van der Waals surface area contributed by atoms with Gasteiger partial charge >= 0.3 is 0 Å². The SMILES string of the molecule is Cc1ccc(-c2noc(CN(C(C)CS(C)(=O)=O)C3CC3)n2)cc1. The van der Waals surface area contributed by atoms with Gasteiger partial charge in [-0.2, -0.15) is 4.98 Å². The summed E-state index contributed by atoms with van der Waals surface area (Å²) >= 11 is 0. The maximum atomic E-state index is 11.6. The zero-order valence-electron chi connectivity index (χ0n) is 14.3. The van der Waals surface area contributed by atoms with Crippen LogP contribution in [0.5, 0.6) is 0 Å². The third-order valence-electron chi connectivity index (χ3n) is 4.22. The summed E-state index contributed by atoms with van der Waals surface area (Å²) in [5.41, 5.74) is 2.09. The van der Waals surface area contributed by atoms with Crippen molar-refractivity contribution < 1.29 is 12.9 Å². The fourth-order valence-corrected chi connectivity index (χ4v) is 3.95. The molecule has 1 fully saturated rings. The first-order valence-corrected chi connectivity index (χ1v) is 10.2. The molecule has 0 radical (unpaired) electrons. The number of benzene rings is 1. The molecule has 0 aliphatic heterocycles. The third-order valence-corrected chi connectivity index (χ3v) is 5.31. The predicted octanol–water partition coefficient (Wildman–Crippen LogP) is 2.44. The van der Waals surface area contributed by atoms with Crippen molar-refractivity contribution in [1.29, 1.82) is 0 Å². The monoisotopic (exact) mass is 349 g/mol. The van der Waals surface area contributed by atoms with Crippen LogP contribution in [0.15, 0.2) is 28.8 Å². The van der Waals surface area contributed by atoms with Crippen LogP contribution >= 0.6 is 0 Å². The lowest BCUT2D eigenvalue weighted by Crippen LogP contribution is -2.39. The number of nitrogens with zero attached hydrogens (tertiary/aromatic N) is 3. The lowest BCUT2D eigenvalue weighted by atomic mass is 10.1. The van der Waals surface area contributed by atoms with Crippen LogP contribution in [-0.2, 0) is 16.4 Å². The first-order valence-electron chi connectivity index (χ1n) is 8.15. The van der Waals surface area contributed by atoms with Gasteiger partial charge in [-0.25, -0.2) is 8.42 Å². The Kier molecular flexibility index (Phi) is 4.73. The molecule has 1 aliphatic carbocycles. The molecule has 1 unspecified atom stereocenters. The Bertz CT molecular complexity index is 795. The molecule has 0 bridgehead atoms. The van der Waals surface area contributed by atoms with E-state index >= 15 is 0 Å². The van der Waals surface area contributed by atoms with Crippen LogP contribution in [0, 0.1) is 6.92 Å². The van der Waals surface area contributed by atoms with Gasteiger partial charge < -0.3 is 4.52 Å². The number of hydrogen-bond donors (Lipinski definition) is 0. The minimum Gasteiger partial charge on any atom is -0.338 e. The number of hydrogen-bond acceptors (Lipinski definition) is 6. The van der Waals surface area contributed by atoms with Crippen LogP contribution in [0.25, 0.3) is 11.4 Å². The molecular formula is C17H23N3O3S. The van der Waals surface area contributed by atoms with Crippen molar-refractivity contribution in [2.75, 3.05) is 12.0 Å². The minimum absolute atomic E-state index is 0.0674. The van der Waals surface area contributed by atoms with Crippen LogP contribution in [0.1, 0.15) is 31.2 Å². The summed E-state index contributed by atoms with van der Waals surface area (Å²) in [7, 11) is -3.02. The summed E-state index contributed by atoms with van der Waals surface area (Å²) in [6.07, 6.45) is 3.46. The molecule has 1 aromatic carbocycles. The largest absolute Gasteiger partial charge is 0.338 e. The van der Waals surface area contributed by atoms with Gasteiger partial charge in [-0.1, -0.05) is 35.0 Å². The average molecular weight is 349 g/mol. The van der Waals surface area contributed by atoms with E-state index in [4.69, 9.17) is 4.52 Å². The molecule has 3 rings (SSSR count). The molecule has 6 nitrogen and oxygen atoms in total. The molecular weight excluding hydrogens is 326 g/mol. The first kappa shape index (κ1) is 17.1. The van der Waals surface area contributed by atoms with E-state index in [9.17, 15) is 8.42 Å². The molecule has 1 heterocycles. The van der Waals surface area contributed by atoms with E-state index in [0.717, 1.165) is 18.4 Å². The molecule has 24 heavy (non-hydrogen) atoms. The smallest absolute Gasteiger partial charge is 0.241 e. The number of aromatic nitrogens is 2. The van der Waals surface area contributed by atoms with Crippen molar-refractivity contribution in [2.45, 2.75) is 45.3 Å². The Labute approximate surface area is 142 Å². The van der Waals surface area contributed by atoms with Crippen molar-refractivity contribution in [3.63, 3.8) is 0 Å². The lowest BCUT2D eigenvalue weighted by molar-refractivity contribution is 0.177. The van der Waals surface area contributed by atoms with Crippen molar-refractivity contribution in [2.24, 2.45) is 0 Å². The number of aryl methyl sites for hydroxylation is 1. The van der Waals surface area contributed by atoms with E-state index in [2.05, 4.69) is 15.0 Å². The molecule has 0 N–H and O–H groups in total. The van der Waals surface area contributed by atoms with E-state index in [-0.39, 0.29) is 11.8 Å². The third kappa shape index (κ3) is 4.42. The summed E-state index contributed by atoms with van der Waals surface area (Å²) < 4.78 is 28.5. The maximum Gasteiger partial charge on any atom is 0.241 e. The second-order valence-corrected chi connectivity index (χ2v) is 8.91. The van der Waals surface area contributed by atoms with E-state index in [1.807, 2.05) is 38.1 Å². The van der Waals surface area contributed by atoms with Gasteiger partial charge in [0, 0.05) is 23.9 Å². The molecule has 2 aromatic rings. The molecule has 1 aromatic heterocycles. The van der Waals surface area contributed by atoms with E-state index in [0.29, 0.717) is 24.3 Å². The topological polar surface area (TPSA) is 76.3 Å². The number of sulfone groups is 1. The van der Waals surface area contributed by atoms with Crippen molar-refractivity contribution >= 4 is 9.84 Å². The van der Waals surface area contributed by atoms with Gasteiger partial charge in [-0.3, -0.25) is 4.90 Å². The van der Waals surface area contributed by atoms with Gasteiger partial charge in [0.2, 0.25) is 11.7 Å². The van der Waals surface area contributed by atoms with Gasteiger partial charge in [0.1, 0.15) is 9.84 Å². The Morgan fingerprint density at radius 3 is 2.54 bits per heavy atom. The minimum atomic E-state index is -3.02. The molecule has 0 saturated heterocycles. The highest BCUT2D eigenvalue weighted by molar-refractivity contribution is 7.90. The van der Waals surface area contributed by atoms with Gasteiger partial charge in [0.15, 0.2) is 0 Å². The molecule has 1 aliphatic rings. The molecule has 0 spiro atoms.